The van der Waals surface area contributed by atoms with E-state index in [0.717, 1.165) is 18.1 Å². The first-order valence-electron chi connectivity index (χ1n) is 5.18. The largest absolute Gasteiger partial charge is 0.351 e. The lowest BCUT2D eigenvalue weighted by Crippen LogP contribution is -2.18. The van der Waals surface area contributed by atoms with Gasteiger partial charge in [0.25, 0.3) is 0 Å². The van der Waals surface area contributed by atoms with Gasteiger partial charge in [-0.25, -0.2) is 4.98 Å². The minimum absolute atomic E-state index is 0.212. The number of anilines is 1. The Morgan fingerprint density at radius 1 is 1.43 bits per heavy atom. The second-order valence-corrected chi connectivity index (χ2v) is 5.10. The highest BCUT2D eigenvalue weighted by Crippen LogP contribution is 2.30. The van der Waals surface area contributed by atoms with Gasteiger partial charge in [0.05, 0.1) is 5.69 Å². The van der Waals surface area contributed by atoms with Crippen molar-refractivity contribution in [3.8, 4) is 0 Å². The van der Waals surface area contributed by atoms with E-state index in [1.54, 1.807) is 11.3 Å². The summed E-state index contributed by atoms with van der Waals surface area (Å²) in [6, 6.07) is 0. The molecule has 0 aromatic carbocycles. The Morgan fingerprint density at radius 3 is 2.57 bits per heavy atom. The smallest absolute Gasteiger partial charge is 0.185 e. The van der Waals surface area contributed by atoms with Gasteiger partial charge < -0.3 is 4.90 Å². The number of hydrogen-bond acceptors (Lipinski definition) is 3. The van der Waals surface area contributed by atoms with Crippen LogP contribution in [0.4, 0.5) is 5.13 Å². The van der Waals surface area contributed by atoms with Crippen molar-refractivity contribution >= 4 is 16.5 Å². The number of nitrogens with zero attached hydrogens (tertiary/aromatic N) is 2. The Labute approximate surface area is 91.0 Å². The first-order valence-corrected chi connectivity index (χ1v) is 6.06. The van der Waals surface area contributed by atoms with Crippen LogP contribution in [0.2, 0.25) is 0 Å². The van der Waals surface area contributed by atoms with Crippen LogP contribution in [0.15, 0.2) is 5.38 Å². The molecule has 14 heavy (non-hydrogen) atoms. The first kappa shape index (κ1) is 11.5. The zero-order valence-electron chi connectivity index (χ0n) is 9.79. The van der Waals surface area contributed by atoms with Gasteiger partial charge in [0, 0.05) is 24.4 Å². The van der Waals surface area contributed by atoms with Gasteiger partial charge in [0.1, 0.15) is 0 Å². The molecule has 1 aromatic heterocycles. The fourth-order valence-corrected chi connectivity index (χ4v) is 2.12. The van der Waals surface area contributed by atoms with E-state index in [0.29, 0.717) is 0 Å². The lowest BCUT2D eigenvalue weighted by atomic mass is 9.87. The molecule has 1 aromatic rings. The van der Waals surface area contributed by atoms with Crippen molar-refractivity contribution in [1.82, 2.24) is 4.98 Å². The van der Waals surface area contributed by atoms with Crippen molar-refractivity contribution in [1.29, 1.82) is 0 Å². The predicted octanol–water partition coefficient (Wildman–Crippen LogP) is 3.29. The van der Waals surface area contributed by atoms with Gasteiger partial charge in [-0.15, -0.1) is 11.3 Å². The van der Waals surface area contributed by atoms with Crippen LogP contribution < -0.4 is 4.90 Å². The molecule has 0 atom stereocenters. The number of thiazole rings is 1. The predicted molar refractivity (Wildman–Crippen MR) is 64.4 cm³/mol. The van der Waals surface area contributed by atoms with Crippen LogP contribution in [0, 0.1) is 0 Å². The van der Waals surface area contributed by atoms with Crippen molar-refractivity contribution in [3.05, 3.63) is 11.1 Å². The van der Waals surface area contributed by atoms with Crippen LogP contribution in [0.25, 0.3) is 0 Å². The molecule has 0 aliphatic carbocycles. The summed E-state index contributed by atoms with van der Waals surface area (Å²) in [4.78, 5) is 6.85. The van der Waals surface area contributed by atoms with Gasteiger partial charge in [0.15, 0.2) is 5.13 Å². The summed E-state index contributed by atoms with van der Waals surface area (Å²) in [5.74, 6) is 0. The molecule has 0 aliphatic heterocycles. The van der Waals surface area contributed by atoms with Gasteiger partial charge >= 0.3 is 0 Å². The van der Waals surface area contributed by atoms with E-state index in [1.807, 2.05) is 0 Å². The third-order valence-corrected chi connectivity index (χ3v) is 3.83. The molecule has 3 heteroatoms. The molecule has 0 saturated carbocycles. The Balaban J connectivity index is 2.88. The summed E-state index contributed by atoms with van der Waals surface area (Å²) in [6.07, 6.45) is 1.13. The van der Waals surface area contributed by atoms with Crippen LogP contribution >= 0.6 is 11.3 Å². The molecule has 0 bridgehead atoms. The summed E-state index contributed by atoms with van der Waals surface area (Å²) in [5.41, 5.74) is 1.43. The molecule has 0 amide bonds. The summed E-state index contributed by atoms with van der Waals surface area (Å²) in [5, 5.41) is 3.31. The van der Waals surface area contributed by atoms with Crippen LogP contribution in [0.1, 0.15) is 39.8 Å². The summed E-state index contributed by atoms with van der Waals surface area (Å²) >= 11 is 1.74. The molecule has 0 saturated heterocycles. The van der Waals surface area contributed by atoms with E-state index >= 15 is 0 Å². The third kappa shape index (κ3) is 2.27. The van der Waals surface area contributed by atoms with Crippen molar-refractivity contribution in [2.75, 3.05) is 18.5 Å². The molecule has 0 spiro atoms. The van der Waals surface area contributed by atoms with Crippen LogP contribution in [0.3, 0.4) is 0 Å². The summed E-state index contributed by atoms with van der Waals surface area (Å²) < 4.78 is 0. The molecule has 1 heterocycles. The Hall–Kier alpha value is -0.570. The average molecular weight is 212 g/mol. The maximum absolute atomic E-state index is 4.67. The molecule has 0 fully saturated rings. The van der Waals surface area contributed by atoms with Gasteiger partial charge in [-0.2, -0.15) is 0 Å². The van der Waals surface area contributed by atoms with E-state index in [9.17, 15) is 0 Å². The van der Waals surface area contributed by atoms with E-state index in [4.69, 9.17) is 0 Å². The monoisotopic (exact) mass is 212 g/mol. The Morgan fingerprint density at radius 2 is 2.07 bits per heavy atom. The second kappa shape index (κ2) is 4.30. The third-order valence-electron chi connectivity index (χ3n) is 2.87. The molecule has 0 unspecified atom stereocenters. The van der Waals surface area contributed by atoms with E-state index in [-0.39, 0.29) is 5.41 Å². The van der Waals surface area contributed by atoms with E-state index in [1.165, 1.54) is 5.69 Å². The van der Waals surface area contributed by atoms with Gasteiger partial charge in [-0.1, -0.05) is 20.8 Å². The van der Waals surface area contributed by atoms with Crippen molar-refractivity contribution < 1.29 is 0 Å². The van der Waals surface area contributed by atoms with E-state index in [2.05, 4.69) is 50.0 Å². The van der Waals surface area contributed by atoms with Gasteiger partial charge in [-0.05, 0) is 13.3 Å². The quantitative estimate of drug-likeness (QED) is 0.761. The van der Waals surface area contributed by atoms with Crippen LogP contribution in [-0.2, 0) is 5.41 Å². The summed E-state index contributed by atoms with van der Waals surface area (Å²) in [7, 11) is 2.08. The van der Waals surface area contributed by atoms with Crippen LogP contribution in [-0.4, -0.2) is 18.6 Å². The zero-order valence-corrected chi connectivity index (χ0v) is 10.6. The molecule has 1 rings (SSSR count). The minimum Gasteiger partial charge on any atom is -0.351 e. The van der Waals surface area contributed by atoms with Crippen molar-refractivity contribution in [3.63, 3.8) is 0 Å². The maximum atomic E-state index is 4.67. The van der Waals surface area contributed by atoms with Gasteiger partial charge in [0.2, 0.25) is 0 Å². The molecule has 2 nitrogen and oxygen atoms in total. The first-order chi connectivity index (χ1) is 6.51. The lowest BCUT2D eigenvalue weighted by molar-refractivity contribution is 0.493. The standard InChI is InChI=1S/C11H20N2S/c1-6-11(3,4)9-8-14-10(12-9)13(5)7-2/h8H,6-7H2,1-5H3. The van der Waals surface area contributed by atoms with Crippen molar-refractivity contribution in [2.45, 2.75) is 39.5 Å². The zero-order chi connectivity index (χ0) is 10.8. The minimum atomic E-state index is 0.212. The fraction of sp³-hybridized carbons (Fsp3) is 0.727. The topological polar surface area (TPSA) is 16.1 Å². The van der Waals surface area contributed by atoms with Gasteiger partial charge in [-0.3, -0.25) is 0 Å². The lowest BCUT2D eigenvalue weighted by Gasteiger charge is -2.20. The van der Waals surface area contributed by atoms with E-state index < -0.39 is 0 Å². The molecule has 0 aliphatic rings. The molecule has 0 N–H and O–H groups in total. The normalized spacial score (nSPS) is 11.8. The molecular weight excluding hydrogens is 192 g/mol. The Kier molecular flexibility index (Phi) is 3.53. The highest BCUT2D eigenvalue weighted by molar-refractivity contribution is 7.13. The fourth-order valence-electron chi connectivity index (χ4n) is 1.07. The SMILES string of the molecule is CCN(C)c1nc(C(C)(C)CC)cs1. The Bertz CT molecular complexity index is 291. The van der Waals surface area contributed by atoms with Crippen molar-refractivity contribution in [2.24, 2.45) is 0 Å². The average Bonchev–Trinajstić information content (AvgIpc) is 2.66. The summed E-state index contributed by atoms with van der Waals surface area (Å²) in [6.45, 7) is 9.86. The second-order valence-electron chi connectivity index (χ2n) is 4.27. The van der Waals surface area contributed by atoms with Crippen LogP contribution in [0.5, 0.6) is 0 Å². The number of hydrogen-bond donors (Lipinski definition) is 0. The number of aromatic nitrogens is 1. The highest BCUT2D eigenvalue weighted by atomic mass is 32.1. The maximum Gasteiger partial charge on any atom is 0.185 e. The molecular formula is C11H20N2S. The molecule has 0 radical (unpaired) electrons. The highest BCUT2D eigenvalue weighted by Gasteiger charge is 2.21. The molecule has 80 valence electrons. The number of rotatable bonds is 4.